The first-order chi connectivity index (χ1) is 6.65. The second kappa shape index (κ2) is 4.60. The van der Waals surface area contributed by atoms with Crippen LogP contribution in [-0.4, -0.2) is 29.2 Å². The summed E-state index contributed by atoms with van der Waals surface area (Å²) in [6.07, 6.45) is 3.74. The predicted octanol–water partition coefficient (Wildman–Crippen LogP) is 2.34. The number of halogens is 1. The normalized spacial score (nSPS) is 20.2. The molecule has 0 aliphatic carbocycles. The van der Waals surface area contributed by atoms with E-state index in [9.17, 15) is 9.18 Å². The average Bonchev–Trinajstić information content (AvgIpc) is 2.62. The molecule has 1 aliphatic heterocycles. The van der Waals surface area contributed by atoms with Crippen LogP contribution in [0.3, 0.4) is 0 Å². The van der Waals surface area contributed by atoms with Crippen molar-refractivity contribution in [3.8, 4) is 0 Å². The molecule has 0 unspecified atom stereocenters. The molecule has 1 amide bonds. The van der Waals surface area contributed by atoms with Crippen LogP contribution in [0.2, 0.25) is 0 Å². The van der Waals surface area contributed by atoms with Crippen LogP contribution in [0.4, 0.5) is 9.18 Å². The second-order valence-electron chi connectivity index (χ2n) is 3.00. The topological polar surface area (TPSA) is 40.5 Å². The third kappa shape index (κ3) is 2.45. The summed E-state index contributed by atoms with van der Waals surface area (Å²) in [6, 6.07) is 0. The summed E-state index contributed by atoms with van der Waals surface area (Å²) >= 11 is 0. The third-order valence-corrected chi connectivity index (χ3v) is 2.05. The fourth-order valence-electron chi connectivity index (χ4n) is 1.29. The summed E-state index contributed by atoms with van der Waals surface area (Å²) < 4.78 is 13.3. The molecule has 0 atom stereocenters. The largest absolute Gasteiger partial charge is 0.465 e. The Bertz CT molecular complexity index is 307. The molecule has 0 aromatic rings. The van der Waals surface area contributed by atoms with Crippen LogP contribution in [0, 0.1) is 0 Å². The molecule has 76 valence electrons. The number of carbonyl (C=O) groups is 1. The van der Waals surface area contributed by atoms with Gasteiger partial charge in [-0.05, 0) is 18.1 Å². The molecule has 1 saturated heterocycles. The second-order valence-corrected chi connectivity index (χ2v) is 3.00. The number of nitrogens with zero attached hydrogens (tertiary/aromatic N) is 1. The van der Waals surface area contributed by atoms with E-state index in [1.54, 1.807) is 0 Å². The maximum Gasteiger partial charge on any atom is 0.407 e. The van der Waals surface area contributed by atoms with Crippen molar-refractivity contribution < 1.29 is 14.3 Å². The number of likely N-dealkylation sites (tertiary alicyclic amines) is 1. The maximum atomic E-state index is 13.3. The number of hydrogen-bond donors (Lipinski definition) is 1. The summed E-state index contributed by atoms with van der Waals surface area (Å²) in [6.45, 7) is 3.97. The molecule has 0 saturated carbocycles. The molecule has 14 heavy (non-hydrogen) atoms. The highest BCUT2D eigenvalue weighted by atomic mass is 19.1. The third-order valence-electron chi connectivity index (χ3n) is 2.05. The maximum absolute atomic E-state index is 13.3. The number of rotatable bonds is 2. The molecule has 1 N–H and O–H groups in total. The Kier molecular flexibility index (Phi) is 3.45. The highest BCUT2D eigenvalue weighted by molar-refractivity contribution is 5.66. The summed E-state index contributed by atoms with van der Waals surface area (Å²) in [4.78, 5) is 11.7. The monoisotopic (exact) mass is 197 g/mol. The fourth-order valence-corrected chi connectivity index (χ4v) is 1.29. The Morgan fingerprint density at radius 2 is 2.36 bits per heavy atom. The quantitative estimate of drug-likeness (QED) is 0.690. The van der Waals surface area contributed by atoms with Crippen LogP contribution >= 0.6 is 0 Å². The first-order valence-corrected chi connectivity index (χ1v) is 4.29. The minimum atomic E-state index is -1.000. The van der Waals surface area contributed by atoms with E-state index in [1.165, 1.54) is 23.1 Å². The van der Waals surface area contributed by atoms with Crippen molar-refractivity contribution >= 4 is 6.09 Å². The lowest BCUT2D eigenvalue weighted by atomic mass is 10.2. The summed E-state index contributed by atoms with van der Waals surface area (Å²) in [5.41, 5.74) is 0.533. The van der Waals surface area contributed by atoms with Crippen LogP contribution in [0.15, 0.2) is 36.2 Å². The molecule has 1 heterocycles. The summed E-state index contributed by atoms with van der Waals surface area (Å²) in [7, 11) is 0. The van der Waals surface area contributed by atoms with Gasteiger partial charge in [0.1, 0.15) is 5.83 Å². The van der Waals surface area contributed by atoms with Crippen molar-refractivity contribution in [1.82, 2.24) is 4.90 Å². The highest BCUT2D eigenvalue weighted by Crippen LogP contribution is 2.20. The number of hydrogen-bond acceptors (Lipinski definition) is 1. The van der Waals surface area contributed by atoms with E-state index in [1.807, 2.05) is 0 Å². The van der Waals surface area contributed by atoms with E-state index >= 15 is 0 Å². The van der Waals surface area contributed by atoms with E-state index in [0.29, 0.717) is 18.5 Å². The van der Waals surface area contributed by atoms with Crippen molar-refractivity contribution in [3.05, 3.63) is 36.2 Å². The molecule has 0 aromatic carbocycles. The number of allylic oxidation sites excluding steroid dienone is 4. The molecule has 1 aliphatic rings. The molecule has 0 spiro atoms. The van der Waals surface area contributed by atoms with Gasteiger partial charge in [0.05, 0.1) is 0 Å². The first kappa shape index (κ1) is 10.5. The van der Waals surface area contributed by atoms with Crippen molar-refractivity contribution in [3.63, 3.8) is 0 Å². The van der Waals surface area contributed by atoms with Crippen molar-refractivity contribution in [2.24, 2.45) is 0 Å². The van der Waals surface area contributed by atoms with Crippen molar-refractivity contribution in [1.29, 1.82) is 0 Å². The predicted molar refractivity (Wildman–Crippen MR) is 51.7 cm³/mol. The lowest BCUT2D eigenvalue weighted by Gasteiger charge is -2.08. The van der Waals surface area contributed by atoms with Gasteiger partial charge in [-0.1, -0.05) is 18.7 Å². The smallest absolute Gasteiger partial charge is 0.407 e. The van der Waals surface area contributed by atoms with Gasteiger partial charge in [-0.15, -0.1) is 0 Å². The van der Waals surface area contributed by atoms with E-state index in [-0.39, 0.29) is 12.4 Å². The van der Waals surface area contributed by atoms with Gasteiger partial charge in [0.15, 0.2) is 0 Å². The van der Waals surface area contributed by atoms with Gasteiger partial charge < -0.3 is 10.0 Å². The molecular weight excluding hydrogens is 185 g/mol. The molecule has 0 radical (unpaired) electrons. The van der Waals surface area contributed by atoms with Gasteiger partial charge >= 0.3 is 6.09 Å². The molecule has 4 heteroatoms. The molecule has 0 bridgehead atoms. The number of carboxylic acid groups (broad SMARTS) is 1. The van der Waals surface area contributed by atoms with Crippen LogP contribution in [0.5, 0.6) is 0 Å². The Labute approximate surface area is 81.8 Å². The lowest BCUT2D eigenvalue weighted by Crippen LogP contribution is -2.25. The minimum Gasteiger partial charge on any atom is -0.465 e. The molecule has 3 nitrogen and oxygen atoms in total. The standard InChI is InChI=1S/C10H12FNO2/c1-2-3-4-9(11)8-5-6-12(7-8)10(13)14/h2-4H,1,5-7H2,(H,13,14)/b4-3-,9-8-. The Hall–Kier alpha value is -1.58. The van der Waals surface area contributed by atoms with E-state index in [0.717, 1.165) is 0 Å². The van der Waals surface area contributed by atoms with Gasteiger partial charge in [-0.3, -0.25) is 0 Å². The summed E-state index contributed by atoms with van der Waals surface area (Å²) in [5.74, 6) is -0.353. The van der Waals surface area contributed by atoms with Gasteiger partial charge in [-0.25, -0.2) is 9.18 Å². The van der Waals surface area contributed by atoms with Crippen LogP contribution < -0.4 is 0 Å². The van der Waals surface area contributed by atoms with Gasteiger partial charge in [0, 0.05) is 13.1 Å². The Balaban J connectivity index is 2.68. The van der Waals surface area contributed by atoms with E-state index in [4.69, 9.17) is 5.11 Å². The molecule has 1 fully saturated rings. The van der Waals surface area contributed by atoms with E-state index < -0.39 is 6.09 Å². The molecule has 1 rings (SSSR count). The van der Waals surface area contributed by atoms with Crippen LogP contribution in [0.25, 0.3) is 0 Å². The lowest BCUT2D eigenvalue weighted by molar-refractivity contribution is 0.156. The van der Waals surface area contributed by atoms with Gasteiger partial charge in [-0.2, -0.15) is 0 Å². The van der Waals surface area contributed by atoms with Gasteiger partial charge in [0.25, 0.3) is 0 Å². The van der Waals surface area contributed by atoms with Crippen molar-refractivity contribution in [2.45, 2.75) is 6.42 Å². The van der Waals surface area contributed by atoms with Gasteiger partial charge in [0.2, 0.25) is 0 Å². The zero-order valence-corrected chi connectivity index (χ0v) is 7.74. The van der Waals surface area contributed by atoms with E-state index in [2.05, 4.69) is 6.58 Å². The zero-order chi connectivity index (χ0) is 10.6. The molecular formula is C10H12FNO2. The fraction of sp³-hybridized carbons (Fsp3) is 0.300. The molecule has 0 aromatic heterocycles. The highest BCUT2D eigenvalue weighted by Gasteiger charge is 2.22. The van der Waals surface area contributed by atoms with Crippen LogP contribution in [0.1, 0.15) is 6.42 Å². The summed E-state index contributed by atoms with van der Waals surface area (Å²) in [5, 5.41) is 8.64. The zero-order valence-electron chi connectivity index (χ0n) is 7.74. The first-order valence-electron chi connectivity index (χ1n) is 4.29. The minimum absolute atomic E-state index is 0.169. The SMILES string of the molecule is C=C/C=C\C(F)=C1/CCN(C(=O)O)C1. The van der Waals surface area contributed by atoms with Crippen molar-refractivity contribution in [2.75, 3.05) is 13.1 Å². The number of amides is 1. The Morgan fingerprint density at radius 1 is 1.64 bits per heavy atom. The average molecular weight is 197 g/mol. The Morgan fingerprint density at radius 3 is 2.86 bits per heavy atom. The van der Waals surface area contributed by atoms with Crippen LogP contribution in [-0.2, 0) is 0 Å².